The summed E-state index contributed by atoms with van der Waals surface area (Å²) in [5.41, 5.74) is 1.53. The Morgan fingerprint density at radius 3 is 2.91 bits per heavy atom. The highest BCUT2D eigenvalue weighted by Crippen LogP contribution is 2.14. The van der Waals surface area contributed by atoms with Crippen LogP contribution in [-0.4, -0.2) is 12.6 Å². The molecule has 11 heavy (non-hydrogen) atoms. The van der Waals surface area contributed by atoms with Crippen LogP contribution in [0.2, 0.25) is 0 Å². The first kappa shape index (κ1) is 8.79. The van der Waals surface area contributed by atoms with Crippen molar-refractivity contribution in [2.75, 3.05) is 6.54 Å². The summed E-state index contributed by atoms with van der Waals surface area (Å²) in [6, 6.07) is 0.684. The van der Waals surface area contributed by atoms with Crippen molar-refractivity contribution in [2.45, 2.75) is 45.6 Å². The van der Waals surface area contributed by atoms with E-state index in [1.54, 1.807) is 0 Å². The molecule has 0 bridgehead atoms. The molecule has 0 aromatic rings. The number of hydrogen-bond donors (Lipinski definition) is 1. The Hall–Kier alpha value is -0.300. The summed E-state index contributed by atoms with van der Waals surface area (Å²) in [7, 11) is 0. The predicted molar refractivity (Wildman–Crippen MR) is 49.7 cm³/mol. The van der Waals surface area contributed by atoms with Crippen LogP contribution in [0.5, 0.6) is 0 Å². The number of nitrogens with one attached hydrogen (secondary N) is 1. The SMILES string of the molecule is CC/C=C(/C)C1CCCCN1. The molecule has 0 saturated carbocycles. The fourth-order valence-electron chi connectivity index (χ4n) is 1.70. The van der Waals surface area contributed by atoms with Gasteiger partial charge in [-0.2, -0.15) is 0 Å². The molecule has 1 unspecified atom stereocenters. The largest absolute Gasteiger partial charge is 0.310 e. The summed E-state index contributed by atoms with van der Waals surface area (Å²) in [6.45, 7) is 5.65. The first-order valence-electron chi connectivity index (χ1n) is 4.74. The summed E-state index contributed by atoms with van der Waals surface area (Å²) in [4.78, 5) is 0. The minimum atomic E-state index is 0.684. The van der Waals surface area contributed by atoms with Crippen molar-refractivity contribution in [1.82, 2.24) is 5.32 Å². The van der Waals surface area contributed by atoms with Crippen molar-refractivity contribution < 1.29 is 0 Å². The molecule has 1 fully saturated rings. The van der Waals surface area contributed by atoms with Crippen LogP contribution in [-0.2, 0) is 0 Å². The molecule has 1 aliphatic heterocycles. The van der Waals surface area contributed by atoms with Crippen LogP contribution in [0, 0.1) is 0 Å². The summed E-state index contributed by atoms with van der Waals surface area (Å²) in [5, 5.41) is 3.54. The van der Waals surface area contributed by atoms with Gasteiger partial charge < -0.3 is 5.32 Å². The zero-order valence-electron chi connectivity index (χ0n) is 7.69. The fraction of sp³-hybridized carbons (Fsp3) is 0.800. The van der Waals surface area contributed by atoms with Gasteiger partial charge in [0.25, 0.3) is 0 Å². The van der Waals surface area contributed by atoms with Gasteiger partial charge >= 0.3 is 0 Å². The average Bonchev–Trinajstić information content (AvgIpc) is 2.07. The summed E-state index contributed by atoms with van der Waals surface area (Å²) < 4.78 is 0. The van der Waals surface area contributed by atoms with Crippen LogP contribution in [0.15, 0.2) is 11.6 Å². The van der Waals surface area contributed by atoms with Crippen molar-refractivity contribution in [1.29, 1.82) is 0 Å². The van der Waals surface area contributed by atoms with Gasteiger partial charge in [0.1, 0.15) is 0 Å². The molecular weight excluding hydrogens is 134 g/mol. The maximum Gasteiger partial charge on any atom is 0.0276 e. The quantitative estimate of drug-likeness (QED) is 0.601. The van der Waals surface area contributed by atoms with Crippen molar-refractivity contribution in [3.63, 3.8) is 0 Å². The van der Waals surface area contributed by atoms with E-state index in [-0.39, 0.29) is 0 Å². The Bertz CT molecular complexity index is 132. The molecule has 1 heteroatoms. The van der Waals surface area contributed by atoms with Crippen LogP contribution in [0.25, 0.3) is 0 Å². The minimum absolute atomic E-state index is 0.684. The zero-order chi connectivity index (χ0) is 8.10. The van der Waals surface area contributed by atoms with Crippen LogP contribution in [0.3, 0.4) is 0 Å². The maximum absolute atomic E-state index is 3.54. The summed E-state index contributed by atoms with van der Waals surface area (Å²) in [5.74, 6) is 0. The molecular formula is C10H19N. The Balaban J connectivity index is 2.38. The molecule has 0 amide bonds. The Morgan fingerprint density at radius 1 is 1.55 bits per heavy atom. The molecule has 0 spiro atoms. The maximum atomic E-state index is 3.54. The lowest BCUT2D eigenvalue weighted by Gasteiger charge is -2.24. The lowest BCUT2D eigenvalue weighted by atomic mass is 9.98. The van der Waals surface area contributed by atoms with Gasteiger partial charge in [0, 0.05) is 6.04 Å². The molecule has 1 nitrogen and oxygen atoms in total. The highest BCUT2D eigenvalue weighted by molar-refractivity contribution is 5.08. The summed E-state index contributed by atoms with van der Waals surface area (Å²) in [6.07, 6.45) is 7.60. The summed E-state index contributed by atoms with van der Waals surface area (Å²) >= 11 is 0. The van der Waals surface area contributed by atoms with Gasteiger partial charge in [-0.25, -0.2) is 0 Å². The lowest BCUT2D eigenvalue weighted by molar-refractivity contribution is 0.439. The molecule has 1 heterocycles. The third-order valence-corrected chi connectivity index (χ3v) is 2.39. The fourth-order valence-corrected chi connectivity index (χ4v) is 1.70. The lowest BCUT2D eigenvalue weighted by Crippen LogP contribution is -2.34. The number of allylic oxidation sites excluding steroid dienone is 1. The van der Waals surface area contributed by atoms with E-state index in [0.717, 1.165) is 0 Å². The van der Waals surface area contributed by atoms with Gasteiger partial charge in [-0.05, 0) is 32.7 Å². The van der Waals surface area contributed by atoms with Crippen molar-refractivity contribution in [2.24, 2.45) is 0 Å². The first-order valence-corrected chi connectivity index (χ1v) is 4.74. The molecule has 1 atom stereocenters. The van der Waals surface area contributed by atoms with E-state index in [1.165, 1.54) is 37.8 Å². The van der Waals surface area contributed by atoms with Gasteiger partial charge in [0.2, 0.25) is 0 Å². The second-order valence-corrected chi connectivity index (χ2v) is 3.36. The molecule has 0 aromatic carbocycles. The normalized spacial score (nSPS) is 27.1. The van der Waals surface area contributed by atoms with Crippen LogP contribution in [0.4, 0.5) is 0 Å². The van der Waals surface area contributed by atoms with Crippen molar-refractivity contribution in [3.05, 3.63) is 11.6 Å². The third-order valence-electron chi connectivity index (χ3n) is 2.39. The number of hydrogen-bond acceptors (Lipinski definition) is 1. The molecule has 0 radical (unpaired) electrons. The molecule has 1 saturated heterocycles. The zero-order valence-corrected chi connectivity index (χ0v) is 7.69. The van der Waals surface area contributed by atoms with Crippen molar-refractivity contribution >= 4 is 0 Å². The smallest absolute Gasteiger partial charge is 0.0276 e. The second kappa shape index (κ2) is 4.55. The van der Waals surface area contributed by atoms with E-state index in [4.69, 9.17) is 0 Å². The molecule has 0 aromatic heterocycles. The molecule has 0 aliphatic carbocycles. The molecule has 1 aliphatic rings. The third kappa shape index (κ3) is 2.66. The molecule has 64 valence electrons. The van der Waals surface area contributed by atoms with Crippen LogP contribution < -0.4 is 5.32 Å². The standard InChI is InChI=1S/C10H19N/c1-3-6-9(2)10-7-4-5-8-11-10/h6,10-11H,3-5,7-8H2,1-2H3/b9-6-. The van der Waals surface area contributed by atoms with Gasteiger partial charge in [0.05, 0.1) is 0 Å². The Labute approximate surface area is 69.9 Å². The van der Waals surface area contributed by atoms with E-state index in [9.17, 15) is 0 Å². The Morgan fingerprint density at radius 2 is 2.36 bits per heavy atom. The van der Waals surface area contributed by atoms with E-state index in [1.807, 2.05) is 0 Å². The predicted octanol–water partition coefficient (Wildman–Crippen LogP) is 2.48. The van der Waals surface area contributed by atoms with Gasteiger partial charge in [-0.1, -0.05) is 25.0 Å². The van der Waals surface area contributed by atoms with E-state index in [2.05, 4.69) is 25.2 Å². The highest BCUT2D eigenvalue weighted by atomic mass is 14.9. The minimum Gasteiger partial charge on any atom is -0.310 e. The average molecular weight is 153 g/mol. The molecule has 1 N–H and O–H groups in total. The first-order chi connectivity index (χ1) is 5.34. The van der Waals surface area contributed by atoms with Crippen LogP contribution >= 0.6 is 0 Å². The van der Waals surface area contributed by atoms with Crippen LogP contribution in [0.1, 0.15) is 39.5 Å². The van der Waals surface area contributed by atoms with Crippen molar-refractivity contribution in [3.8, 4) is 0 Å². The monoisotopic (exact) mass is 153 g/mol. The number of piperidine rings is 1. The van der Waals surface area contributed by atoms with Gasteiger partial charge in [0.15, 0.2) is 0 Å². The number of rotatable bonds is 2. The van der Waals surface area contributed by atoms with E-state index in [0.29, 0.717) is 6.04 Å². The van der Waals surface area contributed by atoms with E-state index >= 15 is 0 Å². The highest BCUT2D eigenvalue weighted by Gasteiger charge is 2.12. The second-order valence-electron chi connectivity index (χ2n) is 3.36. The van der Waals surface area contributed by atoms with Gasteiger partial charge in [-0.3, -0.25) is 0 Å². The molecule has 1 rings (SSSR count). The van der Waals surface area contributed by atoms with Gasteiger partial charge in [-0.15, -0.1) is 0 Å². The van der Waals surface area contributed by atoms with E-state index < -0.39 is 0 Å². The topological polar surface area (TPSA) is 12.0 Å². The Kier molecular flexibility index (Phi) is 3.64.